The average molecular weight is 791 g/mol. The van der Waals surface area contributed by atoms with Crippen LogP contribution in [0.2, 0.25) is 0 Å². The maximum absolute atomic E-state index is 2.50. The first kappa shape index (κ1) is 33.6. The summed E-state index contributed by atoms with van der Waals surface area (Å²) in [6.45, 7) is 0. The van der Waals surface area contributed by atoms with Gasteiger partial charge in [-0.1, -0.05) is 150 Å². The van der Waals surface area contributed by atoms with Crippen LogP contribution in [0, 0.1) is 0 Å². The molecule has 0 aliphatic heterocycles. The molecule has 0 amide bonds. The fourth-order valence-corrected chi connectivity index (χ4v) is 12.8. The first-order chi connectivity index (χ1) is 27.2. The molecule has 0 radical (unpaired) electrons. The number of rotatable bonds is 10. The van der Waals surface area contributed by atoms with Gasteiger partial charge in [-0.15, -0.1) is 0 Å². The quantitative estimate of drug-likeness (QED) is 0.126. The van der Waals surface area contributed by atoms with Gasteiger partial charge in [0.25, 0.3) is 0 Å². The van der Waals surface area contributed by atoms with E-state index in [0.717, 1.165) is 0 Å². The smallest absolute Gasteiger partial charge is 0.0208 e. The predicted molar refractivity (Wildman–Crippen MR) is 240 cm³/mol. The van der Waals surface area contributed by atoms with Gasteiger partial charge in [-0.2, -0.15) is 0 Å². The molecule has 0 saturated carbocycles. The Morgan fingerprint density at radius 1 is 0.200 bits per heavy atom. The first-order valence-electron chi connectivity index (χ1n) is 18.2. The molecule has 55 heavy (non-hydrogen) atoms. The Hall–Kier alpha value is -4.75. The summed E-state index contributed by atoms with van der Waals surface area (Å²) in [7, 11) is 0. The Balaban J connectivity index is 1.29. The van der Waals surface area contributed by atoms with Gasteiger partial charge in [0, 0.05) is 49.0 Å². The van der Waals surface area contributed by atoms with E-state index in [0.29, 0.717) is 0 Å². The molecule has 11 aromatic rings. The van der Waals surface area contributed by atoms with Crippen molar-refractivity contribution >= 4 is 113 Å². The van der Waals surface area contributed by atoms with E-state index in [-0.39, 0.29) is 0 Å². The zero-order valence-corrected chi connectivity index (χ0v) is 33.4. The van der Waals surface area contributed by atoms with Crippen molar-refractivity contribution in [2.75, 3.05) is 0 Å². The molecule has 0 aliphatic carbocycles. The van der Waals surface area contributed by atoms with Gasteiger partial charge in [-0.3, -0.25) is 0 Å². The minimum atomic E-state index is 1.25. The van der Waals surface area contributed by atoms with Gasteiger partial charge < -0.3 is 0 Å². The normalized spacial score (nSPS) is 12.0. The highest BCUT2D eigenvalue weighted by Crippen LogP contribution is 2.58. The van der Waals surface area contributed by atoms with Crippen molar-refractivity contribution in [2.24, 2.45) is 0 Å². The lowest BCUT2D eigenvalue weighted by Gasteiger charge is -2.16. The number of hydrogen-bond acceptors (Lipinski definition) is 5. The van der Waals surface area contributed by atoms with Gasteiger partial charge in [0.05, 0.1) is 0 Å². The van der Waals surface area contributed by atoms with E-state index >= 15 is 0 Å². The highest BCUT2D eigenvalue weighted by molar-refractivity contribution is 8.01. The maximum Gasteiger partial charge on any atom is 0.0208 e. The standard InChI is InChI=1S/C50H30S5/c1-6-16-31(17-7-1)51-41-26-37-43(53-33-20-10-3-11-21-33)28-39-45(55-35-24-14-5-15-25-35)30-40-44(54-34-22-12-4-13-23-34)29-38-42(52-32-18-8-2-9-19-32)27-36(41)46-47(37)49(39)50(40)48(38)46/h1-30H. The minimum absolute atomic E-state index is 1.25. The van der Waals surface area contributed by atoms with Crippen LogP contribution < -0.4 is 0 Å². The summed E-state index contributed by atoms with van der Waals surface area (Å²) < 4.78 is 0. The summed E-state index contributed by atoms with van der Waals surface area (Å²) in [5, 5.41) is 13.6. The van der Waals surface area contributed by atoms with Gasteiger partial charge in [0.1, 0.15) is 0 Å². The van der Waals surface area contributed by atoms with E-state index in [1.165, 1.54) is 103 Å². The van der Waals surface area contributed by atoms with Crippen LogP contribution in [-0.2, 0) is 0 Å². The second kappa shape index (κ2) is 14.1. The molecular weight excluding hydrogens is 761 g/mol. The van der Waals surface area contributed by atoms with Crippen molar-refractivity contribution in [3.63, 3.8) is 0 Å². The average Bonchev–Trinajstić information content (AvgIpc) is 3.59. The monoisotopic (exact) mass is 790 g/mol. The Kier molecular flexibility index (Phi) is 8.59. The third-order valence-electron chi connectivity index (χ3n) is 10.2. The molecule has 260 valence electrons. The fraction of sp³-hybridized carbons (Fsp3) is 0. The van der Waals surface area contributed by atoms with Crippen molar-refractivity contribution in [3.05, 3.63) is 182 Å². The molecule has 5 heteroatoms. The summed E-state index contributed by atoms with van der Waals surface area (Å²) >= 11 is 9.40. The van der Waals surface area contributed by atoms with Gasteiger partial charge >= 0.3 is 0 Å². The number of benzene rings is 10. The molecule has 11 aromatic carbocycles. The summed E-state index contributed by atoms with van der Waals surface area (Å²) in [4.78, 5) is 12.7. The predicted octanol–water partition coefficient (Wildman–Crippen LogP) is 16.5. The second-order valence-electron chi connectivity index (χ2n) is 13.6. The molecule has 0 aromatic heterocycles. The topological polar surface area (TPSA) is 0 Å². The highest BCUT2D eigenvalue weighted by atomic mass is 32.2. The summed E-state index contributed by atoms with van der Waals surface area (Å²) in [6, 6.07) is 66.8. The molecule has 0 unspecified atom stereocenters. The maximum atomic E-state index is 2.50. The molecule has 0 spiro atoms. The van der Waals surface area contributed by atoms with Crippen LogP contribution in [-0.4, -0.2) is 0 Å². The molecular formula is C50H30S5. The zero-order chi connectivity index (χ0) is 36.3. The van der Waals surface area contributed by atoms with Gasteiger partial charge in [-0.05, 0) is 145 Å². The molecule has 11 rings (SSSR count). The Morgan fingerprint density at radius 2 is 0.364 bits per heavy atom. The summed E-state index contributed by atoms with van der Waals surface area (Å²) in [5.41, 5.74) is 0. The largest absolute Gasteiger partial charge is 0.0894 e. The van der Waals surface area contributed by atoms with Crippen LogP contribution in [0.5, 0.6) is 0 Å². The van der Waals surface area contributed by atoms with Crippen LogP contribution in [0.15, 0.2) is 231 Å². The SMILES string of the molecule is c1ccc(Sc2cc3c(Sc4ccccc4)cc4c(Sc5ccccc5)cc5c(Sc6ccccc6)cc6c(Sc7ccccc7)cc2c2c6c5c4c32)cc1. The van der Waals surface area contributed by atoms with E-state index in [1.807, 2.05) is 58.8 Å². The Labute approximate surface area is 341 Å². The van der Waals surface area contributed by atoms with E-state index in [2.05, 4.69) is 182 Å². The molecule has 0 nitrogen and oxygen atoms in total. The second-order valence-corrected chi connectivity index (χ2v) is 19.1. The molecule has 0 heterocycles. The minimum Gasteiger partial charge on any atom is -0.0894 e. The van der Waals surface area contributed by atoms with Crippen molar-refractivity contribution < 1.29 is 0 Å². The van der Waals surface area contributed by atoms with E-state index in [9.17, 15) is 0 Å². The zero-order valence-electron chi connectivity index (χ0n) is 29.4. The van der Waals surface area contributed by atoms with Crippen molar-refractivity contribution in [2.45, 2.75) is 49.0 Å². The van der Waals surface area contributed by atoms with Crippen LogP contribution in [0.4, 0.5) is 0 Å². The van der Waals surface area contributed by atoms with Crippen LogP contribution in [0.3, 0.4) is 0 Å². The van der Waals surface area contributed by atoms with Crippen LogP contribution in [0.1, 0.15) is 0 Å². The lowest BCUT2D eigenvalue weighted by atomic mass is 9.99. The van der Waals surface area contributed by atoms with E-state index in [4.69, 9.17) is 0 Å². The Bertz CT molecular complexity index is 2560. The third-order valence-corrected chi connectivity index (χ3v) is 15.5. The van der Waals surface area contributed by atoms with E-state index in [1.54, 1.807) is 0 Å². The van der Waals surface area contributed by atoms with Crippen molar-refractivity contribution in [1.29, 1.82) is 0 Å². The Morgan fingerprint density at radius 3 is 0.527 bits per heavy atom. The molecule has 0 saturated heterocycles. The number of hydrogen-bond donors (Lipinski definition) is 0. The van der Waals surface area contributed by atoms with Gasteiger partial charge in [0.2, 0.25) is 0 Å². The fourth-order valence-electron chi connectivity index (χ4n) is 7.85. The lowest BCUT2D eigenvalue weighted by Crippen LogP contribution is -1.87. The molecule has 0 bridgehead atoms. The molecule has 0 aliphatic rings. The van der Waals surface area contributed by atoms with Crippen molar-refractivity contribution in [3.8, 4) is 0 Å². The lowest BCUT2D eigenvalue weighted by molar-refractivity contribution is 1.42. The summed E-state index contributed by atoms with van der Waals surface area (Å²) in [5.74, 6) is 0. The highest BCUT2D eigenvalue weighted by Gasteiger charge is 2.28. The van der Waals surface area contributed by atoms with Gasteiger partial charge in [0.15, 0.2) is 0 Å². The third kappa shape index (κ3) is 6.01. The van der Waals surface area contributed by atoms with Crippen LogP contribution in [0.25, 0.3) is 53.9 Å². The van der Waals surface area contributed by atoms with Crippen LogP contribution >= 0.6 is 58.8 Å². The van der Waals surface area contributed by atoms with E-state index < -0.39 is 0 Å². The molecule has 0 fully saturated rings. The van der Waals surface area contributed by atoms with Gasteiger partial charge in [-0.25, -0.2) is 0 Å². The molecule has 0 atom stereocenters. The molecule has 0 N–H and O–H groups in total. The summed E-state index contributed by atoms with van der Waals surface area (Å²) in [6.07, 6.45) is 0. The first-order valence-corrected chi connectivity index (χ1v) is 22.3. The van der Waals surface area contributed by atoms with Crippen molar-refractivity contribution in [1.82, 2.24) is 0 Å².